The van der Waals surface area contributed by atoms with Crippen LogP contribution in [0.2, 0.25) is 0 Å². The molecule has 0 saturated heterocycles. The fraction of sp³-hybridized carbons (Fsp3) is 0.704. The van der Waals surface area contributed by atoms with Gasteiger partial charge in [-0.05, 0) is 74.5 Å². The fourth-order valence-corrected chi connectivity index (χ4v) is 6.70. The van der Waals surface area contributed by atoms with E-state index < -0.39 is 23.7 Å². The molecule has 2 saturated carbocycles. The van der Waals surface area contributed by atoms with Crippen molar-refractivity contribution in [1.29, 1.82) is 0 Å². The minimum atomic E-state index is -0.664. The van der Waals surface area contributed by atoms with Crippen LogP contribution < -0.4 is 20.1 Å². The zero-order valence-electron chi connectivity index (χ0n) is 21.7. The van der Waals surface area contributed by atoms with E-state index in [4.69, 9.17) is 14.2 Å². The van der Waals surface area contributed by atoms with Crippen LogP contribution in [0.4, 0.5) is 4.79 Å². The summed E-state index contributed by atoms with van der Waals surface area (Å²) in [6.45, 7) is 8.25. The molecule has 2 fully saturated rings. The molecule has 3 aliphatic rings. The average molecular weight is 505 g/mol. The van der Waals surface area contributed by atoms with E-state index >= 15 is 0 Å². The lowest BCUT2D eigenvalue weighted by Crippen LogP contribution is -2.61. The van der Waals surface area contributed by atoms with E-state index in [0.717, 1.165) is 5.56 Å². The number of carbonyl (C=O) groups excluding carboxylic acids is 2. The number of amides is 2. The number of alkyl carbamates (subject to hydrolysis) is 1. The van der Waals surface area contributed by atoms with Crippen molar-refractivity contribution >= 4 is 12.0 Å². The van der Waals surface area contributed by atoms with Crippen LogP contribution in [0.1, 0.15) is 65.4 Å². The van der Waals surface area contributed by atoms with Gasteiger partial charge in [0.25, 0.3) is 0 Å². The lowest BCUT2D eigenvalue weighted by Gasteiger charge is -2.60. The lowest BCUT2D eigenvalue weighted by atomic mass is 9.46. The summed E-state index contributed by atoms with van der Waals surface area (Å²) in [5, 5.41) is 27.3. The maximum absolute atomic E-state index is 13.0. The highest BCUT2D eigenvalue weighted by atomic mass is 16.7. The Morgan fingerprint density at radius 2 is 1.92 bits per heavy atom. The van der Waals surface area contributed by atoms with Crippen molar-refractivity contribution in [2.24, 2.45) is 22.7 Å². The molecule has 2 amide bonds. The number of carbonyl (C=O) groups is 2. The lowest BCUT2D eigenvalue weighted by molar-refractivity contribution is -0.186. The van der Waals surface area contributed by atoms with E-state index in [1.807, 2.05) is 39.0 Å². The molecule has 1 aromatic rings. The average Bonchev–Trinajstić information content (AvgIpc) is 3.29. The predicted molar refractivity (Wildman–Crippen MR) is 132 cm³/mol. The van der Waals surface area contributed by atoms with E-state index in [0.29, 0.717) is 43.7 Å². The summed E-state index contributed by atoms with van der Waals surface area (Å²) in [4.78, 5) is 25.4. The third-order valence-corrected chi connectivity index (χ3v) is 8.66. The second kappa shape index (κ2) is 10.5. The van der Waals surface area contributed by atoms with Crippen molar-refractivity contribution in [2.75, 3.05) is 13.4 Å². The van der Waals surface area contributed by atoms with Gasteiger partial charge in [-0.25, -0.2) is 4.79 Å². The molecule has 0 aromatic heterocycles. The van der Waals surface area contributed by atoms with Gasteiger partial charge in [0.1, 0.15) is 6.10 Å². The third kappa shape index (κ3) is 5.13. The molecule has 200 valence electrons. The zero-order chi connectivity index (χ0) is 26.1. The fourth-order valence-electron chi connectivity index (χ4n) is 6.70. The van der Waals surface area contributed by atoms with Gasteiger partial charge in [0.2, 0.25) is 12.7 Å². The summed E-state index contributed by atoms with van der Waals surface area (Å²) in [5.74, 6) is 0.977. The molecule has 1 aliphatic heterocycles. The number of aliphatic hydroxyl groups is 2. The zero-order valence-corrected chi connectivity index (χ0v) is 21.7. The van der Waals surface area contributed by atoms with Gasteiger partial charge in [0.05, 0.1) is 12.7 Å². The van der Waals surface area contributed by atoms with Crippen molar-refractivity contribution in [3.63, 3.8) is 0 Å². The summed E-state index contributed by atoms with van der Waals surface area (Å²) in [6, 6.07) is 5.54. The number of rotatable bonds is 7. The van der Waals surface area contributed by atoms with Gasteiger partial charge in [0.15, 0.2) is 11.5 Å². The van der Waals surface area contributed by atoms with Crippen molar-refractivity contribution in [1.82, 2.24) is 10.6 Å². The van der Waals surface area contributed by atoms with E-state index in [2.05, 4.69) is 17.6 Å². The Hall–Kier alpha value is -2.52. The monoisotopic (exact) mass is 504 g/mol. The van der Waals surface area contributed by atoms with E-state index in [-0.39, 0.29) is 49.0 Å². The maximum atomic E-state index is 13.0. The van der Waals surface area contributed by atoms with Gasteiger partial charge in [-0.1, -0.05) is 19.9 Å². The largest absolute Gasteiger partial charge is 0.454 e. The Kier molecular flexibility index (Phi) is 7.71. The number of hydrogen-bond donors (Lipinski definition) is 4. The number of fused-ring (bicyclic) bond motifs is 2. The Labute approximate surface area is 212 Å². The van der Waals surface area contributed by atoms with E-state index in [1.54, 1.807) is 0 Å². The molecule has 6 unspecified atom stereocenters. The molecular formula is C27H40N2O7. The summed E-state index contributed by atoms with van der Waals surface area (Å²) < 4.78 is 16.5. The van der Waals surface area contributed by atoms with Crippen LogP contribution >= 0.6 is 0 Å². The molecule has 0 bridgehead atoms. The first kappa shape index (κ1) is 26.5. The van der Waals surface area contributed by atoms with Crippen LogP contribution in [-0.2, 0) is 16.1 Å². The van der Waals surface area contributed by atoms with Crippen LogP contribution in [0.5, 0.6) is 11.5 Å². The topological polar surface area (TPSA) is 126 Å². The Morgan fingerprint density at radius 1 is 1.17 bits per heavy atom. The normalized spacial score (nSPS) is 33.1. The molecule has 6 atom stereocenters. The van der Waals surface area contributed by atoms with Gasteiger partial charge in [-0.15, -0.1) is 0 Å². The minimum absolute atomic E-state index is 0.00402. The molecule has 0 radical (unpaired) electrons. The van der Waals surface area contributed by atoms with Crippen molar-refractivity contribution in [3.05, 3.63) is 23.8 Å². The van der Waals surface area contributed by atoms with Gasteiger partial charge in [-0.2, -0.15) is 0 Å². The SMILES string of the molecule is CC(C)NC(=O)OC1CCC2(C)C(CC(=O)NCc3ccc4c(c3)OCO4)C(O)CCC2C1(C)CO. The van der Waals surface area contributed by atoms with Crippen molar-refractivity contribution < 1.29 is 34.0 Å². The third-order valence-electron chi connectivity index (χ3n) is 8.66. The molecule has 9 heteroatoms. The first-order chi connectivity index (χ1) is 17.1. The van der Waals surface area contributed by atoms with Crippen LogP contribution in [-0.4, -0.2) is 53.9 Å². The Bertz CT molecular complexity index is 969. The summed E-state index contributed by atoms with van der Waals surface area (Å²) in [7, 11) is 0. The summed E-state index contributed by atoms with van der Waals surface area (Å²) >= 11 is 0. The molecular weight excluding hydrogens is 464 g/mol. The number of ether oxygens (including phenoxy) is 3. The summed E-state index contributed by atoms with van der Waals surface area (Å²) in [6.07, 6.45) is 1.19. The molecule has 4 N–H and O–H groups in total. The summed E-state index contributed by atoms with van der Waals surface area (Å²) in [5.41, 5.74) is -0.131. The second-order valence-electron chi connectivity index (χ2n) is 11.4. The number of benzene rings is 1. The first-order valence-electron chi connectivity index (χ1n) is 13.0. The van der Waals surface area contributed by atoms with Gasteiger partial charge < -0.3 is 35.1 Å². The number of nitrogens with one attached hydrogen (secondary N) is 2. The molecule has 2 aliphatic carbocycles. The molecule has 0 spiro atoms. The highest BCUT2D eigenvalue weighted by Crippen LogP contribution is 2.61. The molecule has 4 rings (SSSR count). The van der Waals surface area contributed by atoms with Gasteiger partial charge >= 0.3 is 6.09 Å². The highest BCUT2D eigenvalue weighted by molar-refractivity contribution is 5.76. The first-order valence-corrected chi connectivity index (χ1v) is 13.0. The van der Waals surface area contributed by atoms with E-state index in [9.17, 15) is 19.8 Å². The van der Waals surface area contributed by atoms with Gasteiger partial charge in [-0.3, -0.25) is 4.79 Å². The van der Waals surface area contributed by atoms with Crippen LogP contribution in [0.15, 0.2) is 18.2 Å². The molecule has 1 heterocycles. The minimum Gasteiger partial charge on any atom is -0.454 e. The van der Waals surface area contributed by atoms with Crippen LogP contribution in [0, 0.1) is 22.7 Å². The smallest absolute Gasteiger partial charge is 0.407 e. The van der Waals surface area contributed by atoms with Crippen LogP contribution in [0.3, 0.4) is 0 Å². The highest BCUT2D eigenvalue weighted by Gasteiger charge is 2.60. The molecule has 1 aromatic carbocycles. The van der Waals surface area contributed by atoms with Crippen LogP contribution in [0.25, 0.3) is 0 Å². The van der Waals surface area contributed by atoms with Crippen molar-refractivity contribution in [2.45, 2.75) is 84.6 Å². The Morgan fingerprint density at radius 3 is 2.64 bits per heavy atom. The number of hydrogen-bond acceptors (Lipinski definition) is 7. The predicted octanol–water partition coefficient (Wildman–Crippen LogP) is 3.11. The number of aliphatic hydroxyl groups excluding tert-OH is 2. The quantitative estimate of drug-likeness (QED) is 0.449. The Balaban J connectivity index is 1.44. The molecule has 9 nitrogen and oxygen atoms in total. The van der Waals surface area contributed by atoms with Gasteiger partial charge in [0, 0.05) is 24.4 Å². The second-order valence-corrected chi connectivity index (χ2v) is 11.4. The van der Waals surface area contributed by atoms with Crippen molar-refractivity contribution in [3.8, 4) is 11.5 Å². The standard InChI is InChI=1S/C27H40N2O7/c1-16(2)29-25(33)36-23-9-10-26(3)18(19(31)6-8-22(26)27(23,4)14-30)12-24(32)28-13-17-5-7-20-21(11-17)35-15-34-20/h5,7,11,16,18-19,22-23,30-31H,6,8-10,12-15H2,1-4H3,(H,28,32)(H,29,33). The molecule has 36 heavy (non-hydrogen) atoms. The van der Waals surface area contributed by atoms with E-state index in [1.165, 1.54) is 0 Å². The maximum Gasteiger partial charge on any atom is 0.407 e.